The van der Waals surface area contributed by atoms with Crippen LogP contribution in [0.4, 0.5) is 0 Å². The maximum atomic E-state index is 11.8. The molecular weight excluding hydrogens is 306 g/mol. The molecule has 23 heavy (non-hydrogen) atoms. The second-order valence-electron chi connectivity index (χ2n) is 6.53. The van der Waals surface area contributed by atoms with Gasteiger partial charge in [-0.05, 0) is 26.8 Å². The number of aliphatic hydroxyl groups is 2. The number of carbonyl (C=O) groups is 1. The molecule has 1 saturated heterocycles. The van der Waals surface area contributed by atoms with Crippen LogP contribution < -0.4 is 5.56 Å². The molecule has 8 nitrogen and oxygen atoms in total. The molecule has 1 aromatic rings. The van der Waals surface area contributed by atoms with Gasteiger partial charge in [0, 0.05) is 12.3 Å². The van der Waals surface area contributed by atoms with Crippen LogP contribution in [0.1, 0.15) is 27.0 Å². The van der Waals surface area contributed by atoms with Gasteiger partial charge in [0.05, 0.1) is 5.41 Å². The number of ether oxygens (including phenoxy) is 2. The summed E-state index contributed by atoms with van der Waals surface area (Å²) >= 11 is 0. The number of aromatic nitrogens is 1. The van der Waals surface area contributed by atoms with Crippen molar-refractivity contribution in [3.05, 3.63) is 28.7 Å². The summed E-state index contributed by atoms with van der Waals surface area (Å²) in [7, 11) is 0. The largest absolute Gasteiger partial charge is 0.508 e. The second kappa shape index (κ2) is 6.31. The van der Waals surface area contributed by atoms with E-state index in [9.17, 15) is 24.9 Å². The average molecular weight is 327 g/mol. The van der Waals surface area contributed by atoms with Crippen molar-refractivity contribution in [2.45, 2.75) is 45.3 Å². The summed E-state index contributed by atoms with van der Waals surface area (Å²) in [6.07, 6.45) is -3.51. The van der Waals surface area contributed by atoms with Gasteiger partial charge in [0.1, 0.15) is 30.7 Å². The molecule has 1 aromatic heterocycles. The molecule has 0 saturated carbocycles. The van der Waals surface area contributed by atoms with E-state index in [0.29, 0.717) is 0 Å². The number of rotatable bonds is 3. The first-order valence-corrected chi connectivity index (χ1v) is 7.21. The third-order valence-electron chi connectivity index (χ3n) is 3.53. The lowest BCUT2D eigenvalue weighted by molar-refractivity contribution is -0.159. The number of pyridine rings is 1. The van der Waals surface area contributed by atoms with Crippen molar-refractivity contribution in [2.24, 2.45) is 5.41 Å². The molecule has 0 spiro atoms. The van der Waals surface area contributed by atoms with Gasteiger partial charge in [-0.15, -0.1) is 0 Å². The fourth-order valence-electron chi connectivity index (χ4n) is 2.16. The van der Waals surface area contributed by atoms with Gasteiger partial charge in [-0.2, -0.15) is 0 Å². The normalized spacial score (nSPS) is 27.9. The lowest BCUT2D eigenvalue weighted by Gasteiger charge is -2.20. The summed E-state index contributed by atoms with van der Waals surface area (Å²) in [6.45, 7) is 4.83. The minimum absolute atomic E-state index is 0.213. The predicted molar refractivity (Wildman–Crippen MR) is 78.7 cm³/mol. The Morgan fingerprint density at radius 3 is 2.57 bits per heavy atom. The lowest BCUT2D eigenvalue weighted by atomic mass is 9.97. The minimum Gasteiger partial charge on any atom is -0.508 e. The van der Waals surface area contributed by atoms with Crippen LogP contribution in [0, 0.1) is 5.41 Å². The first-order chi connectivity index (χ1) is 10.6. The van der Waals surface area contributed by atoms with Gasteiger partial charge in [-0.1, -0.05) is 0 Å². The molecule has 0 unspecified atom stereocenters. The molecule has 4 atom stereocenters. The Balaban J connectivity index is 2.09. The molecule has 2 rings (SSSR count). The van der Waals surface area contributed by atoms with Gasteiger partial charge >= 0.3 is 5.97 Å². The Morgan fingerprint density at radius 1 is 1.35 bits per heavy atom. The SMILES string of the molecule is CC(C)(C)C(=O)OC[C@@H]1O[C@@H](n2ccc(O)cc2=O)[C@@H](O)[C@@H]1O. The second-order valence-corrected chi connectivity index (χ2v) is 6.53. The van der Waals surface area contributed by atoms with Crippen molar-refractivity contribution < 1.29 is 29.6 Å². The lowest BCUT2D eigenvalue weighted by Crippen LogP contribution is -2.36. The van der Waals surface area contributed by atoms with Crippen molar-refractivity contribution in [3.63, 3.8) is 0 Å². The highest BCUT2D eigenvalue weighted by atomic mass is 16.6. The van der Waals surface area contributed by atoms with Crippen LogP contribution in [0.3, 0.4) is 0 Å². The van der Waals surface area contributed by atoms with Gasteiger partial charge in [-0.25, -0.2) is 0 Å². The van der Waals surface area contributed by atoms with Gasteiger partial charge in [0.2, 0.25) is 0 Å². The number of hydrogen-bond acceptors (Lipinski definition) is 7. The molecule has 3 N–H and O–H groups in total. The van der Waals surface area contributed by atoms with E-state index in [1.807, 2.05) is 0 Å². The molecule has 0 bridgehead atoms. The summed E-state index contributed by atoms with van der Waals surface area (Å²) < 4.78 is 11.6. The molecule has 0 aliphatic carbocycles. The predicted octanol–water partition coefficient (Wildman–Crippen LogP) is -0.238. The first kappa shape index (κ1) is 17.5. The standard InChI is InChI=1S/C15H21NO7/c1-15(2,3)14(21)22-7-9-11(19)12(20)13(23-9)16-5-4-8(17)6-10(16)18/h4-6,9,11-13,17,19-20H,7H2,1-3H3/t9-,11+,12-,13+/m0/s1. The highest BCUT2D eigenvalue weighted by Gasteiger charge is 2.44. The van der Waals surface area contributed by atoms with Crippen molar-refractivity contribution in [1.29, 1.82) is 0 Å². The van der Waals surface area contributed by atoms with Crippen LogP contribution in [-0.2, 0) is 14.3 Å². The number of nitrogens with zero attached hydrogens (tertiary/aromatic N) is 1. The Hall–Kier alpha value is -1.90. The highest BCUT2D eigenvalue weighted by molar-refractivity contribution is 5.75. The molecule has 0 amide bonds. The third-order valence-corrected chi connectivity index (χ3v) is 3.53. The Bertz CT molecular complexity index is 633. The maximum absolute atomic E-state index is 11.8. The van der Waals surface area contributed by atoms with Crippen molar-refractivity contribution >= 4 is 5.97 Å². The summed E-state index contributed by atoms with van der Waals surface area (Å²) in [5.74, 6) is -0.678. The van der Waals surface area contributed by atoms with Crippen LogP contribution in [0.2, 0.25) is 0 Å². The molecule has 2 heterocycles. The molecule has 1 fully saturated rings. The van der Waals surface area contributed by atoms with Crippen LogP contribution in [0.15, 0.2) is 23.1 Å². The van der Waals surface area contributed by atoms with E-state index < -0.39 is 41.5 Å². The summed E-state index contributed by atoms with van der Waals surface area (Å²) in [5.41, 5.74) is -1.29. The third kappa shape index (κ3) is 3.72. The van der Waals surface area contributed by atoms with Gasteiger partial charge in [0.25, 0.3) is 5.56 Å². The Morgan fingerprint density at radius 2 is 2.00 bits per heavy atom. The van der Waals surface area contributed by atoms with Crippen LogP contribution in [-0.4, -0.2) is 50.8 Å². The number of hydrogen-bond donors (Lipinski definition) is 3. The number of esters is 1. The topological polar surface area (TPSA) is 118 Å². The van der Waals surface area contributed by atoms with Crippen LogP contribution >= 0.6 is 0 Å². The molecule has 128 valence electrons. The van der Waals surface area contributed by atoms with Crippen LogP contribution in [0.5, 0.6) is 5.75 Å². The first-order valence-electron chi connectivity index (χ1n) is 7.21. The Kier molecular flexibility index (Phi) is 4.79. The smallest absolute Gasteiger partial charge is 0.311 e. The number of aromatic hydroxyl groups is 1. The van der Waals surface area contributed by atoms with Gasteiger partial charge in [-0.3, -0.25) is 14.2 Å². The zero-order valence-electron chi connectivity index (χ0n) is 13.2. The van der Waals surface area contributed by atoms with E-state index >= 15 is 0 Å². The van der Waals surface area contributed by atoms with Gasteiger partial charge < -0.3 is 24.8 Å². The van der Waals surface area contributed by atoms with E-state index in [2.05, 4.69) is 0 Å². The van der Waals surface area contributed by atoms with E-state index in [0.717, 1.165) is 10.6 Å². The monoisotopic (exact) mass is 327 g/mol. The maximum Gasteiger partial charge on any atom is 0.311 e. The Labute approximate surface area is 132 Å². The quantitative estimate of drug-likeness (QED) is 0.656. The summed E-state index contributed by atoms with van der Waals surface area (Å²) in [5, 5.41) is 29.3. The number of aliphatic hydroxyl groups excluding tert-OH is 2. The fraction of sp³-hybridized carbons (Fsp3) is 0.600. The number of carbonyl (C=O) groups excluding carboxylic acids is 1. The van der Waals surface area contributed by atoms with E-state index in [1.54, 1.807) is 20.8 Å². The zero-order chi connectivity index (χ0) is 17.4. The van der Waals surface area contributed by atoms with Crippen molar-refractivity contribution in [3.8, 4) is 5.75 Å². The molecular formula is C15H21NO7. The molecule has 8 heteroatoms. The average Bonchev–Trinajstić information content (AvgIpc) is 2.72. The molecule has 1 aliphatic heterocycles. The zero-order valence-corrected chi connectivity index (χ0v) is 13.2. The highest BCUT2D eigenvalue weighted by Crippen LogP contribution is 2.29. The van der Waals surface area contributed by atoms with E-state index in [-0.39, 0.29) is 12.4 Å². The van der Waals surface area contributed by atoms with E-state index in [4.69, 9.17) is 9.47 Å². The minimum atomic E-state index is -1.37. The van der Waals surface area contributed by atoms with E-state index in [1.165, 1.54) is 12.3 Å². The molecule has 0 aromatic carbocycles. The van der Waals surface area contributed by atoms with Crippen LogP contribution in [0.25, 0.3) is 0 Å². The molecule has 0 radical (unpaired) electrons. The van der Waals surface area contributed by atoms with Crippen molar-refractivity contribution in [1.82, 2.24) is 4.57 Å². The van der Waals surface area contributed by atoms with Gasteiger partial charge in [0.15, 0.2) is 6.23 Å². The fourth-order valence-corrected chi connectivity index (χ4v) is 2.16. The summed E-state index contributed by atoms with van der Waals surface area (Å²) in [4.78, 5) is 23.6. The van der Waals surface area contributed by atoms with Crippen molar-refractivity contribution in [2.75, 3.05) is 6.61 Å². The molecule has 1 aliphatic rings. The summed E-state index contributed by atoms with van der Waals surface area (Å²) in [6, 6.07) is 2.23.